The number of benzene rings is 1. The summed E-state index contributed by atoms with van der Waals surface area (Å²) in [5.74, 6) is 2.04. The SMILES string of the molecule is CCc1nc(-c2ccc(OCCC(C)(C)CCN3CCN(c4ccncc4)C3=O)cc2)no1. The number of amides is 2. The molecule has 3 heterocycles. The lowest BCUT2D eigenvalue weighted by molar-refractivity contribution is 0.188. The van der Waals surface area contributed by atoms with Gasteiger partial charge < -0.3 is 14.2 Å². The van der Waals surface area contributed by atoms with Crippen molar-refractivity contribution >= 4 is 11.7 Å². The highest BCUT2D eigenvalue weighted by atomic mass is 16.5. The lowest BCUT2D eigenvalue weighted by Crippen LogP contribution is -2.34. The molecule has 0 spiro atoms. The molecule has 33 heavy (non-hydrogen) atoms. The summed E-state index contributed by atoms with van der Waals surface area (Å²) < 4.78 is 11.1. The molecule has 1 aromatic carbocycles. The van der Waals surface area contributed by atoms with Gasteiger partial charge in [-0.2, -0.15) is 4.98 Å². The fourth-order valence-electron chi connectivity index (χ4n) is 3.78. The van der Waals surface area contributed by atoms with Crippen molar-refractivity contribution in [3.63, 3.8) is 0 Å². The highest BCUT2D eigenvalue weighted by Gasteiger charge is 2.30. The van der Waals surface area contributed by atoms with Gasteiger partial charge in [-0.05, 0) is 54.7 Å². The second kappa shape index (κ2) is 10.0. The number of aromatic nitrogens is 3. The van der Waals surface area contributed by atoms with Crippen molar-refractivity contribution in [2.75, 3.05) is 31.1 Å². The minimum atomic E-state index is 0.0610. The number of hydrogen-bond acceptors (Lipinski definition) is 6. The van der Waals surface area contributed by atoms with Gasteiger partial charge in [0.1, 0.15) is 5.75 Å². The Balaban J connectivity index is 1.22. The van der Waals surface area contributed by atoms with Crippen LogP contribution in [0.25, 0.3) is 11.4 Å². The summed E-state index contributed by atoms with van der Waals surface area (Å²) in [5.41, 5.74) is 1.87. The zero-order valence-corrected chi connectivity index (χ0v) is 19.5. The molecular formula is C25H31N5O3. The second-order valence-corrected chi connectivity index (χ2v) is 9.03. The lowest BCUT2D eigenvalue weighted by Gasteiger charge is -2.27. The van der Waals surface area contributed by atoms with Crippen LogP contribution in [0.3, 0.4) is 0 Å². The Labute approximate surface area is 194 Å². The zero-order valence-electron chi connectivity index (χ0n) is 19.5. The molecule has 8 heteroatoms. The van der Waals surface area contributed by atoms with Crippen molar-refractivity contribution < 1.29 is 14.1 Å². The van der Waals surface area contributed by atoms with Crippen LogP contribution in [0, 0.1) is 5.41 Å². The third-order valence-electron chi connectivity index (χ3n) is 6.06. The van der Waals surface area contributed by atoms with Gasteiger partial charge in [0.15, 0.2) is 0 Å². The Bertz CT molecular complexity index is 1050. The molecule has 0 unspecified atom stereocenters. The summed E-state index contributed by atoms with van der Waals surface area (Å²) in [7, 11) is 0. The third-order valence-corrected chi connectivity index (χ3v) is 6.06. The maximum atomic E-state index is 12.8. The number of nitrogens with zero attached hydrogens (tertiary/aromatic N) is 5. The second-order valence-electron chi connectivity index (χ2n) is 9.03. The van der Waals surface area contributed by atoms with E-state index in [0.29, 0.717) is 24.9 Å². The van der Waals surface area contributed by atoms with Crippen LogP contribution in [0.5, 0.6) is 5.75 Å². The predicted molar refractivity (Wildman–Crippen MR) is 126 cm³/mol. The van der Waals surface area contributed by atoms with E-state index >= 15 is 0 Å². The fourth-order valence-corrected chi connectivity index (χ4v) is 3.78. The molecular weight excluding hydrogens is 418 g/mol. The van der Waals surface area contributed by atoms with Gasteiger partial charge in [-0.15, -0.1) is 0 Å². The van der Waals surface area contributed by atoms with Crippen molar-refractivity contribution in [1.82, 2.24) is 20.0 Å². The van der Waals surface area contributed by atoms with Crippen LogP contribution >= 0.6 is 0 Å². The van der Waals surface area contributed by atoms with Crippen molar-refractivity contribution in [3.05, 3.63) is 54.7 Å². The Morgan fingerprint density at radius 1 is 1.06 bits per heavy atom. The summed E-state index contributed by atoms with van der Waals surface area (Å²) in [6.45, 7) is 9.25. The van der Waals surface area contributed by atoms with Crippen LogP contribution in [-0.4, -0.2) is 52.3 Å². The largest absolute Gasteiger partial charge is 0.494 e. The van der Waals surface area contributed by atoms with Gasteiger partial charge in [-0.3, -0.25) is 9.88 Å². The van der Waals surface area contributed by atoms with E-state index in [1.54, 1.807) is 12.4 Å². The van der Waals surface area contributed by atoms with Crippen LogP contribution in [-0.2, 0) is 6.42 Å². The number of ether oxygens (including phenoxy) is 1. The average molecular weight is 450 g/mol. The van der Waals surface area contributed by atoms with Gasteiger partial charge in [0.05, 0.1) is 6.61 Å². The Morgan fingerprint density at radius 2 is 1.82 bits per heavy atom. The summed E-state index contributed by atoms with van der Waals surface area (Å²) in [6, 6.07) is 11.6. The molecule has 0 N–H and O–H groups in total. The number of urea groups is 1. The molecule has 0 bridgehead atoms. The predicted octanol–water partition coefficient (Wildman–Crippen LogP) is 4.82. The third kappa shape index (κ3) is 5.69. The maximum absolute atomic E-state index is 12.8. The number of carbonyl (C=O) groups is 1. The number of rotatable bonds is 10. The van der Waals surface area contributed by atoms with Gasteiger partial charge in [-0.25, -0.2) is 4.79 Å². The van der Waals surface area contributed by atoms with Crippen LogP contribution in [0.1, 0.15) is 39.5 Å². The van der Waals surface area contributed by atoms with E-state index in [0.717, 1.165) is 49.4 Å². The van der Waals surface area contributed by atoms with E-state index < -0.39 is 0 Å². The van der Waals surface area contributed by atoms with Gasteiger partial charge in [0.2, 0.25) is 11.7 Å². The van der Waals surface area contributed by atoms with E-state index in [9.17, 15) is 4.79 Å². The minimum Gasteiger partial charge on any atom is -0.494 e. The normalized spacial score (nSPS) is 14.2. The standard InChI is InChI=1S/C25H31N5O3/c1-4-22-27-23(28-33-22)19-5-7-21(8-6-19)32-18-12-25(2,3)11-15-29-16-17-30(24(29)31)20-9-13-26-14-10-20/h5-10,13-14H,4,11-12,15-18H2,1-3H3. The topological polar surface area (TPSA) is 84.6 Å². The van der Waals surface area contributed by atoms with Gasteiger partial charge in [0.25, 0.3) is 0 Å². The van der Waals surface area contributed by atoms with Crippen LogP contribution < -0.4 is 9.64 Å². The molecule has 2 amide bonds. The molecule has 2 aromatic heterocycles. The molecule has 0 atom stereocenters. The first-order valence-corrected chi connectivity index (χ1v) is 11.5. The number of pyridine rings is 1. The minimum absolute atomic E-state index is 0.0610. The first kappa shape index (κ1) is 22.8. The van der Waals surface area contributed by atoms with E-state index in [1.165, 1.54) is 0 Å². The highest BCUT2D eigenvalue weighted by Crippen LogP contribution is 2.28. The molecule has 174 valence electrons. The molecule has 0 radical (unpaired) electrons. The monoisotopic (exact) mass is 449 g/mol. The number of hydrogen-bond donors (Lipinski definition) is 0. The summed E-state index contributed by atoms with van der Waals surface area (Å²) in [6.07, 6.45) is 5.97. The number of carbonyl (C=O) groups excluding carboxylic acids is 1. The van der Waals surface area contributed by atoms with Gasteiger partial charge in [-0.1, -0.05) is 25.9 Å². The molecule has 4 rings (SSSR count). The molecule has 1 aliphatic heterocycles. The van der Waals surface area contributed by atoms with Gasteiger partial charge >= 0.3 is 6.03 Å². The number of aryl methyl sites for hydroxylation is 1. The van der Waals surface area contributed by atoms with Crippen LogP contribution in [0.15, 0.2) is 53.3 Å². The Kier molecular flexibility index (Phi) is 6.91. The van der Waals surface area contributed by atoms with E-state index in [1.807, 2.05) is 53.1 Å². The first-order valence-electron chi connectivity index (χ1n) is 11.5. The van der Waals surface area contributed by atoms with Crippen molar-refractivity contribution in [2.24, 2.45) is 5.41 Å². The molecule has 1 saturated heterocycles. The summed E-state index contributed by atoms with van der Waals surface area (Å²) in [5, 5.41) is 4.00. The average Bonchev–Trinajstić information content (AvgIpc) is 3.45. The first-order chi connectivity index (χ1) is 15.9. The van der Waals surface area contributed by atoms with Crippen molar-refractivity contribution in [2.45, 2.75) is 40.0 Å². The molecule has 0 aliphatic carbocycles. The lowest BCUT2D eigenvalue weighted by atomic mass is 9.86. The zero-order chi connectivity index (χ0) is 23.3. The van der Waals surface area contributed by atoms with Gasteiger partial charge in [0, 0.05) is 49.7 Å². The fraction of sp³-hybridized carbons (Fsp3) is 0.440. The smallest absolute Gasteiger partial charge is 0.324 e. The Morgan fingerprint density at radius 3 is 2.52 bits per heavy atom. The molecule has 0 saturated carbocycles. The van der Waals surface area contributed by atoms with Crippen LogP contribution in [0.4, 0.5) is 10.5 Å². The summed E-state index contributed by atoms with van der Waals surface area (Å²) >= 11 is 0. The summed E-state index contributed by atoms with van der Waals surface area (Å²) in [4.78, 5) is 24.9. The van der Waals surface area contributed by atoms with Crippen molar-refractivity contribution in [1.29, 1.82) is 0 Å². The number of anilines is 1. The van der Waals surface area contributed by atoms with E-state index in [-0.39, 0.29) is 11.4 Å². The van der Waals surface area contributed by atoms with E-state index in [4.69, 9.17) is 9.26 Å². The van der Waals surface area contributed by atoms with E-state index in [2.05, 4.69) is 29.0 Å². The Hall–Kier alpha value is -3.42. The van der Waals surface area contributed by atoms with Crippen molar-refractivity contribution in [3.8, 4) is 17.1 Å². The highest BCUT2D eigenvalue weighted by molar-refractivity contribution is 5.94. The maximum Gasteiger partial charge on any atom is 0.324 e. The molecule has 8 nitrogen and oxygen atoms in total. The molecule has 3 aromatic rings. The molecule has 1 aliphatic rings. The quantitative estimate of drug-likeness (QED) is 0.441. The molecule has 1 fully saturated rings. The van der Waals surface area contributed by atoms with Crippen LogP contribution in [0.2, 0.25) is 0 Å².